The van der Waals surface area contributed by atoms with Crippen LogP contribution in [0.5, 0.6) is 0 Å². The molecule has 6 atom stereocenters. The quantitative estimate of drug-likeness (QED) is 0.0925. The van der Waals surface area contributed by atoms with Gasteiger partial charge in [-0.25, -0.2) is 9.78 Å². The van der Waals surface area contributed by atoms with E-state index in [1.807, 2.05) is 0 Å². The Morgan fingerprint density at radius 3 is 2.11 bits per heavy atom. The molecule has 3 aromatic carbocycles. The lowest BCUT2D eigenvalue weighted by atomic mass is 9.63. The van der Waals surface area contributed by atoms with E-state index in [1.54, 1.807) is 48.5 Å². The Hall–Kier alpha value is -4.04. The number of allylic oxidation sites excluding steroid dienone is 2. The van der Waals surface area contributed by atoms with Crippen molar-refractivity contribution in [2.24, 2.45) is 35.5 Å². The number of rotatable bonds is 6. The zero-order valence-corrected chi connectivity index (χ0v) is 25.7. The number of aromatic nitrogens is 1. The molecule has 9 rings (SSSR count). The molecule has 4 aliphatic carbocycles. The van der Waals surface area contributed by atoms with Gasteiger partial charge >= 0.3 is 5.97 Å². The Bertz CT molecular complexity index is 1970. The summed E-state index contributed by atoms with van der Waals surface area (Å²) in [5, 5.41) is 1.40. The number of nitrogens with zero attached hydrogens (tertiary/aromatic N) is 2. The minimum absolute atomic E-state index is 0.123. The normalized spacial score (nSPS) is 25.8. The summed E-state index contributed by atoms with van der Waals surface area (Å²) in [6, 6.07) is 18.0. The maximum atomic E-state index is 13.5. The van der Waals surface area contributed by atoms with Gasteiger partial charge < -0.3 is 4.74 Å². The van der Waals surface area contributed by atoms with Crippen LogP contribution < -0.4 is 4.90 Å². The molecular formula is C35H23Cl3N2O5. The number of ether oxygens (including phenoxy) is 1. The number of pyridine rings is 1. The highest BCUT2D eigenvalue weighted by Gasteiger charge is 2.67. The number of fused-ring (bicyclic) bond motifs is 1. The SMILES string of the molecule is O=C(COC(=O)c1cc(-c2ccc(N3C(=O)C4C5C=CC(C6CC56)C4C3=O)cc2)nc2ccc(Cl)cc12)c1ccc(Cl)cc1Cl. The lowest BCUT2D eigenvalue weighted by Gasteiger charge is -2.37. The second-order valence-corrected chi connectivity index (χ2v) is 13.3. The van der Waals surface area contributed by atoms with Crippen molar-refractivity contribution in [2.45, 2.75) is 6.42 Å². The molecular weight excluding hydrogens is 635 g/mol. The van der Waals surface area contributed by atoms with Crippen molar-refractivity contribution < 1.29 is 23.9 Å². The molecule has 2 amide bonds. The molecule has 45 heavy (non-hydrogen) atoms. The fourth-order valence-electron chi connectivity index (χ4n) is 7.51. The molecule has 4 aromatic rings. The van der Waals surface area contributed by atoms with Gasteiger partial charge in [-0.1, -0.05) is 59.1 Å². The Morgan fingerprint density at radius 2 is 1.44 bits per heavy atom. The van der Waals surface area contributed by atoms with Gasteiger partial charge in [-0.2, -0.15) is 0 Å². The third-order valence-corrected chi connectivity index (χ3v) is 10.4. The van der Waals surface area contributed by atoms with Crippen molar-refractivity contribution in [1.82, 2.24) is 4.98 Å². The van der Waals surface area contributed by atoms with Crippen molar-refractivity contribution in [2.75, 3.05) is 11.5 Å². The van der Waals surface area contributed by atoms with Crippen LogP contribution in [0.1, 0.15) is 27.1 Å². The predicted molar refractivity (Wildman–Crippen MR) is 170 cm³/mol. The average Bonchev–Trinajstić information content (AvgIpc) is 3.81. The van der Waals surface area contributed by atoms with Crippen LogP contribution in [0.3, 0.4) is 0 Å². The summed E-state index contributed by atoms with van der Waals surface area (Å²) in [5.41, 5.74) is 2.50. The molecule has 1 saturated heterocycles. The minimum atomic E-state index is -0.738. The molecule has 2 heterocycles. The molecule has 3 fully saturated rings. The molecule has 2 saturated carbocycles. The fraction of sp³-hybridized carbons (Fsp3) is 0.229. The van der Waals surface area contributed by atoms with Crippen LogP contribution in [0.4, 0.5) is 5.69 Å². The third kappa shape index (κ3) is 4.59. The molecule has 5 aliphatic rings. The number of amides is 2. The van der Waals surface area contributed by atoms with E-state index in [0.29, 0.717) is 49.7 Å². The highest BCUT2D eigenvalue weighted by atomic mass is 35.5. The highest BCUT2D eigenvalue weighted by molar-refractivity contribution is 6.37. The van der Waals surface area contributed by atoms with E-state index in [9.17, 15) is 19.2 Å². The fourth-order valence-corrected chi connectivity index (χ4v) is 8.20. The molecule has 1 aliphatic heterocycles. The van der Waals surface area contributed by atoms with Crippen LogP contribution >= 0.6 is 34.8 Å². The third-order valence-electron chi connectivity index (χ3n) is 9.64. The summed E-state index contributed by atoms with van der Waals surface area (Å²) in [6.07, 6.45) is 5.42. The van der Waals surface area contributed by atoms with Crippen LogP contribution in [0.2, 0.25) is 15.1 Å². The van der Waals surface area contributed by atoms with E-state index in [4.69, 9.17) is 44.5 Å². The van der Waals surface area contributed by atoms with E-state index in [1.165, 1.54) is 23.1 Å². The lowest BCUT2D eigenvalue weighted by Crippen LogP contribution is -2.40. The van der Waals surface area contributed by atoms with Crippen LogP contribution in [-0.2, 0) is 14.3 Å². The van der Waals surface area contributed by atoms with Gasteiger partial charge in [0.05, 0.1) is 39.3 Å². The van der Waals surface area contributed by atoms with Gasteiger partial charge in [-0.3, -0.25) is 19.3 Å². The number of carbonyl (C=O) groups is 4. The Labute approximate surface area is 272 Å². The number of hydrogen-bond acceptors (Lipinski definition) is 6. The second kappa shape index (κ2) is 10.5. The smallest absolute Gasteiger partial charge is 0.339 e. The molecule has 0 spiro atoms. The molecule has 0 N–H and O–H groups in total. The summed E-state index contributed by atoms with van der Waals surface area (Å²) in [5.74, 6) is -0.656. The van der Waals surface area contributed by atoms with E-state index in [0.717, 1.165) is 6.42 Å². The summed E-state index contributed by atoms with van der Waals surface area (Å²) in [7, 11) is 0. The van der Waals surface area contributed by atoms with Crippen LogP contribution in [0.25, 0.3) is 22.2 Å². The number of Topliss-reactive ketones (excluding diaryl/α,β-unsaturated/α-hetero) is 1. The zero-order chi connectivity index (χ0) is 31.1. The number of hydrogen-bond donors (Lipinski definition) is 0. The van der Waals surface area contributed by atoms with Crippen LogP contribution in [0, 0.1) is 35.5 Å². The van der Waals surface area contributed by atoms with Gasteiger partial charge in [0.25, 0.3) is 0 Å². The van der Waals surface area contributed by atoms with Crippen molar-refractivity contribution in [3.05, 3.63) is 105 Å². The number of carbonyl (C=O) groups excluding carboxylic acids is 4. The van der Waals surface area contributed by atoms with Gasteiger partial charge in [0.15, 0.2) is 6.61 Å². The first-order valence-electron chi connectivity index (χ1n) is 14.6. The van der Waals surface area contributed by atoms with Crippen molar-refractivity contribution in [1.29, 1.82) is 0 Å². The van der Waals surface area contributed by atoms with E-state index in [2.05, 4.69) is 12.2 Å². The summed E-state index contributed by atoms with van der Waals surface area (Å²) < 4.78 is 5.42. The number of imide groups is 1. The Balaban J connectivity index is 1.07. The Morgan fingerprint density at radius 1 is 0.800 bits per heavy atom. The number of anilines is 1. The molecule has 224 valence electrons. The number of ketones is 1. The summed E-state index contributed by atoms with van der Waals surface area (Å²) >= 11 is 18.3. The number of benzene rings is 3. The first-order chi connectivity index (χ1) is 21.7. The van der Waals surface area contributed by atoms with Crippen molar-refractivity contribution in [3.63, 3.8) is 0 Å². The highest BCUT2D eigenvalue weighted by Crippen LogP contribution is 2.65. The van der Waals surface area contributed by atoms with Gasteiger partial charge in [0.2, 0.25) is 17.6 Å². The molecule has 10 heteroatoms. The summed E-state index contributed by atoms with van der Waals surface area (Å²) in [4.78, 5) is 59.3. The first kappa shape index (κ1) is 28.4. The molecule has 7 nitrogen and oxygen atoms in total. The summed E-state index contributed by atoms with van der Waals surface area (Å²) in [6.45, 7) is -0.535. The van der Waals surface area contributed by atoms with Gasteiger partial charge in [-0.15, -0.1) is 0 Å². The van der Waals surface area contributed by atoms with E-state index in [-0.39, 0.29) is 51.6 Å². The molecule has 1 aromatic heterocycles. The molecule has 6 unspecified atom stereocenters. The van der Waals surface area contributed by atoms with Crippen LogP contribution in [0.15, 0.2) is 78.9 Å². The monoisotopic (exact) mass is 656 g/mol. The topological polar surface area (TPSA) is 93.6 Å². The maximum Gasteiger partial charge on any atom is 0.339 e. The predicted octanol–water partition coefficient (Wildman–Crippen LogP) is 7.46. The van der Waals surface area contributed by atoms with Crippen molar-refractivity contribution >= 4 is 75.0 Å². The van der Waals surface area contributed by atoms with Crippen LogP contribution in [-0.4, -0.2) is 35.2 Å². The van der Waals surface area contributed by atoms with Crippen molar-refractivity contribution in [3.8, 4) is 11.3 Å². The maximum absolute atomic E-state index is 13.5. The zero-order valence-electron chi connectivity index (χ0n) is 23.5. The number of halogens is 3. The van der Waals surface area contributed by atoms with E-state index < -0.39 is 18.4 Å². The second-order valence-electron chi connectivity index (χ2n) is 12.1. The molecule has 2 bridgehead atoms. The average molecular weight is 658 g/mol. The van der Waals surface area contributed by atoms with Gasteiger partial charge in [0.1, 0.15) is 0 Å². The lowest BCUT2D eigenvalue weighted by molar-refractivity contribution is -0.124. The standard InChI is InChI=1S/C35H23Cl3N2O5/c36-17-4-10-28-25(11-17)26(35(44)45-15-30(41)22-7-3-18(37)12-27(22)38)14-29(39-28)16-1-5-19(6-2-16)40-33(42)31-20-8-9-21(24-13-23(20)24)32(31)34(40)43/h1-12,14,20-21,23-24,31-32H,13,15H2. The number of esters is 1. The van der Waals surface area contributed by atoms with Gasteiger partial charge in [0, 0.05) is 26.6 Å². The molecule has 0 radical (unpaired) electrons. The first-order valence-corrected chi connectivity index (χ1v) is 15.8. The van der Waals surface area contributed by atoms with Gasteiger partial charge in [-0.05, 0) is 84.7 Å². The minimum Gasteiger partial charge on any atom is -0.454 e. The Kier molecular flexibility index (Phi) is 6.64. The van der Waals surface area contributed by atoms with E-state index >= 15 is 0 Å². The largest absolute Gasteiger partial charge is 0.454 e.